The van der Waals surface area contributed by atoms with Crippen LogP contribution >= 0.6 is 0 Å². The summed E-state index contributed by atoms with van der Waals surface area (Å²) < 4.78 is 5.68. The zero-order valence-electron chi connectivity index (χ0n) is 12.5. The van der Waals surface area contributed by atoms with Gasteiger partial charge in [-0.15, -0.1) is 0 Å². The van der Waals surface area contributed by atoms with E-state index in [1.165, 1.54) is 6.20 Å². The molecule has 116 valence electrons. The minimum absolute atomic E-state index is 0.207. The number of anilines is 1. The van der Waals surface area contributed by atoms with Gasteiger partial charge in [-0.1, -0.05) is 0 Å². The van der Waals surface area contributed by atoms with Crippen LogP contribution in [0.5, 0.6) is 0 Å². The van der Waals surface area contributed by atoms with E-state index in [0.29, 0.717) is 28.4 Å². The molecule has 0 unspecified atom stereocenters. The predicted octanol–water partition coefficient (Wildman–Crippen LogP) is 3.54. The van der Waals surface area contributed by atoms with Crippen LogP contribution in [0.1, 0.15) is 10.4 Å². The topological polar surface area (TPSA) is 80.9 Å². The fourth-order valence-electron chi connectivity index (χ4n) is 2.29. The van der Waals surface area contributed by atoms with Crippen LogP contribution < -0.4 is 5.32 Å². The molecule has 0 bridgehead atoms. The molecule has 4 aromatic rings. The highest BCUT2D eigenvalue weighted by molar-refractivity contribution is 6.04. The molecule has 0 saturated carbocycles. The Labute approximate surface area is 137 Å². The number of aromatic nitrogens is 3. The van der Waals surface area contributed by atoms with Crippen LogP contribution in [-0.2, 0) is 0 Å². The van der Waals surface area contributed by atoms with Crippen molar-refractivity contribution < 1.29 is 9.21 Å². The molecule has 0 spiro atoms. The average molecular weight is 316 g/mol. The van der Waals surface area contributed by atoms with Gasteiger partial charge < -0.3 is 9.73 Å². The molecule has 3 aromatic heterocycles. The summed E-state index contributed by atoms with van der Waals surface area (Å²) >= 11 is 0. The Morgan fingerprint density at radius 3 is 2.58 bits per heavy atom. The first kappa shape index (κ1) is 14.1. The molecule has 4 rings (SSSR count). The van der Waals surface area contributed by atoms with Crippen molar-refractivity contribution in [3.63, 3.8) is 0 Å². The number of hydrogen-bond acceptors (Lipinski definition) is 5. The highest BCUT2D eigenvalue weighted by Gasteiger charge is 2.10. The van der Waals surface area contributed by atoms with E-state index in [1.54, 1.807) is 42.7 Å². The van der Waals surface area contributed by atoms with Crippen molar-refractivity contribution in [1.29, 1.82) is 0 Å². The molecular weight excluding hydrogens is 304 g/mol. The van der Waals surface area contributed by atoms with E-state index in [9.17, 15) is 4.79 Å². The maximum absolute atomic E-state index is 12.1. The van der Waals surface area contributed by atoms with E-state index < -0.39 is 0 Å². The molecule has 1 amide bonds. The molecule has 0 aliphatic rings. The minimum atomic E-state index is -0.207. The highest BCUT2D eigenvalue weighted by Crippen LogP contribution is 2.24. The number of benzene rings is 1. The molecule has 3 heterocycles. The number of oxazole rings is 1. The van der Waals surface area contributed by atoms with Gasteiger partial charge in [0.2, 0.25) is 5.89 Å². The molecule has 24 heavy (non-hydrogen) atoms. The van der Waals surface area contributed by atoms with E-state index in [0.717, 1.165) is 5.56 Å². The summed E-state index contributed by atoms with van der Waals surface area (Å²) in [7, 11) is 0. The third-order valence-electron chi connectivity index (χ3n) is 3.48. The van der Waals surface area contributed by atoms with Gasteiger partial charge >= 0.3 is 0 Å². The van der Waals surface area contributed by atoms with Gasteiger partial charge in [0.1, 0.15) is 0 Å². The zero-order valence-corrected chi connectivity index (χ0v) is 12.5. The van der Waals surface area contributed by atoms with Gasteiger partial charge in [-0.25, -0.2) is 4.98 Å². The summed E-state index contributed by atoms with van der Waals surface area (Å²) in [5.74, 6) is 0.288. The molecule has 0 aliphatic heterocycles. The first-order chi connectivity index (χ1) is 11.8. The second-order valence-electron chi connectivity index (χ2n) is 5.12. The molecule has 0 radical (unpaired) electrons. The SMILES string of the molecule is O=C(Nc1ccc(-c2nc3ncccc3o2)cc1)c1cccnc1. The second-order valence-corrected chi connectivity index (χ2v) is 5.12. The maximum atomic E-state index is 12.1. The Hall–Kier alpha value is -3.54. The number of nitrogens with zero attached hydrogens (tertiary/aromatic N) is 3. The van der Waals surface area contributed by atoms with Crippen LogP contribution in [0.25, 0.3) is 22.7 Å². The third-order valence-corrected chi connectivity index (χ3v) is 3.48. The Kier molecular flexibility index (Phi) is 3.47. The highest BCUT2D eigenvalue weighted by atomic mass is 16.3. The lowest BCUT2D eigenvalue weighted by molar-refractivity contribution is 0.102. The van der Waals surface area contributed by atoms with E-state index in [1.807, 2.05) is 18.2 Å². The summed E-state index contributed by atoms with van der Waals surface area (Å²) in [6.07, 6.45) is 4.82. The van der Waals surface area contributed by atoms with Crippen molar-refractivity contribution in [2.24, 2.45) is 0 Å². The molecule has 6 nitrogen and oxygen atoms in total. The van der Waals surface area contributed by atoms with Crippen LogP contribution in [0.3, 0.4) is 0 Å². The third kappa shape index (κ3) is 2.72. The second kappa shape index (κ2) is 5.92. The Morgan fingerprint density at radius 2 is 1.83 bits per heavy atom. The average Bonchev–Trinajstić information content (AvgIpc) is 3.07. The molecule has 1 N–H and O–H groups in total. The summed E-state index contributed by atoms with van der Waals surface area (Å²) in [5.41, 5.74) is 3.21. The van der Waals surface area contributed by atoms with Gasteiger partial charge in [-0.3, -0.25) is 9.78 Å². The lowest BCUT2D eigenvalue weighted by Gasteiger charge is -2.05. The molecule has 0 saturated heterocycles. The van der Waals surface area contributed by atoms with Gasteiger partial charge in [-0.2, -0.15) is 4.98 Å². The smallest absolute Gasteiger partial charge is 0.257 e. The van der Waals surface area contributed by atoms with E-state index in [2.05, 4.69) is 20.3 Å². The number of rotatable bonds is 3. The number of pyridine rings is 2. The molecule has 0 atom stereocenters. The van der Waals surface area contributed by atoms with Crippen molar-refractivity contribution in [2.75, 3.05) is 5.32 Å². The van der Waals surface area contributed by atoms with E-state index in [4.69, 9.17) is 4.42 Å². The van der Waals surface area contributed by atoms with Crippen LogP contribution in [-0.4, -0.2) is 20.9 Å². The number of hydrogen-bond donors (Lipinski definition) is 1. The standard InChI is InChI=1S/C18H12N4O2/c23-17(13-3-1-9-19-11-13)21-14-7-5-12(6-8-14)18-22-16-15(24-18)4-2-10-20-16/h1-11H,(H,21,23). The van der Waals surface area contributed by atoms with Gasteiger partial charge in [-0.05, 0) is 48.5 Å². The van der Waals surface area contributed by atoms with E-state index >= 15 is 0 Å². The van der Waals surface area contributed by atoms with Gasteiger partial charge in [0.05, 0.1) is 5.56 Å². The fraction of sp³-hybridized carbons (Fsp3) is 0. The summed E-state index contributed by atoms with van der Waals surface area (Å²) in [6, 6.07) is 14.3. The predicted molar refractivity (Wildman–Crippen MR) is 89.4 cm³/mol. The van der Waals surface area contributed by atoms with Crippen molar-refractivity contribution in [2.45, 2.75) is 0 Å². The van der Waals surface area contributed by atoms with Gasteiger partial charge in [0.25, 0.3) is 5.91 Å². The minimum Gasteiger partial charge on any atom is -0.434 e. The van der Waals surface area contributed by atoms with Crippen molar-refractivity contribution in [3.05, 3.63) is 72.7 Å². The number of carbonyl (C=O) groups excluding carboxylic acids is 1. The molecular formula is C18H12N4O2. The normalized spacial score (nSPS) is 10.7. The van der Waals surface area contributed by atoms with Crippen LogP contribution in [0.2, 0.25) is 0 Å². The van der Waals surface area contributed by atoms with Crippen LogP contribution in [0.15, 0.2) is 71.5 Å². The Bertz CT molecular complexity index is 961. The first-order valence-electron chi connectivity index (χ1n) is 7.33. The van der Waals surface area contributed by atoms with Gasteiger partial charge in [0, 0.05) is 29.8 Å². The fourth-order valence-corrected chi connectivity index (χ4v) is 2.29. The van der Waals surface area contributed by atoms with Crippen LogP contribution in [0, 0.1) is 0 Å². The molecule has 0 aliphatic carbocycles. The zero-order chi connectivity index (χ0) is 16.4. The largest absolute Gasteiger partial charge is 0.434 e. The molecule has 1 aromatic carbocycles. The van der Waals surface area contributed by atoms with Crippen LogP contribution in [0.4, 0.5) is 5.69 Å². The number of nitrogens with one attached hydrogen (secondary N) is 1. The van der Waals surface area contributed by atoms with Crippen molar-refractivity contribution in [1.82, 2.24) is 15.0 Å². The molecule has 0 fully saturated rings. The monoisotopic (exact) mass is 316 g/mol. The quantitative estimate of drug-likeness (QED) is 0.625. The van der Waals surface area contributed by atoms with Crippen molar-refractivity contribution in [3.8, 4) is 11.5 Å². The number of amides is 1. The lowest BCUT2D eigenvalue weighted by atomic mass is 10.2. The van der Waals surface area contributed by atoms with Gasteiger partial charge in [0.15, 0.2) is 11.2 Å². The maximum Gasteiger partial charge on any atom is 0.257 e. The Balaban J connectivity index is 1.55. The summed E-state index contributed by atoms with van der Waals surface area (Å²) in [4.78, 5) is 24.5. The number of carbonyl (C=O) groups is 1. The number of fused-ring (bicyclic) bond motifs is 1. The molecule has 6 heteroatoms. The summed E-state index contributed by atoms with van der Waals surface area (Å²) in [6.45, 7) is 0. The Morgan fingerprint density at radius 1 is 1.00 bits per heavy atom. The van der Waals surface area contributed by atoms with E-state index in [-0.39, 0.29) is 5.91 Å². The lowest BCUT2D eigenvalue weighted by Crippen LogP contribution is -2.11. The first-order valence-corrected chi connectivity index (χ1v) is 7.33. The summed E-state index contributed by atoms with van der Waals surface area (Å²) in [5, 5.41) is 2.82. The van der Waals surface area contributed by atoms with Crippen molar-refractivity contribution >= 4 is 22.8 Å².